The van der Waals surface area contributed by atoms with Crippen LogP contribution in [0.1, 0.15) is 0 Å². The molecule has 0 saturated carbocycles. The lowest BCUT2D eigenvalue weighted by Crippen LogP contribution is -2.23. The van der Waals surface area contributed by atoms with Gasteiger partial charge in [-0.05, 0) is 18.2 Å². The molecule has 1 aromatic carbocycles. The van der Waals surface area contributed by atoms with Crippen LogP contribution in [0.3, 0.4) is 0 Å². The van der Waals surface area contributed by atoms with Gasteiger partial charge in [0, 0.05) is 26.0 Å². The summed E-state index contributed by atoms with van der Waals surface area (Å²) in [6.07, 6.45) is 3.75. The first-order valence-electron chi connectivity index (χ1n) is 5.30. The van der Waals surface area contributed by atoms with Crippen molar-refractivity contribution in [3.05, 3.63) is 42.7 Å². The third kappa shape index (κ3) is 2.34. The van der Waals surface area contributed by atoms with Crippen molar-refractivity contribution < 1.29 is 0 Å². The van der Waals surface area contributed by atoms with Gasteiger partial charge in [0.25, 0.3) is 0 Å². The van der Waals surface area contributed by atoms with E-state index in [4.69, 9.17) is 5.73 Å². The summed E-state index contributed by atoms with van der Waals surface area (Å²) in [5.41, 5.74) is 7.78. The number of nitrogens with zero attached hydrogens (tertiary/aromatic N) is 3. The third-order valence-electron chi connectivity index (χ3n) is 2.57. The van der Waals surface area contributed by atoms with E-state index in [1.165, 1.54) is 0 Å². The molecule has 4 heteroatoms. The molecule has 0 fully saturated rings. The predicted molar refractivity (Wildman–Crippen MR) is 66.4 cm³/mol. The van der Waals surface area contributed by atoms with Gasteiger partial charge in [-0.2, -0.15) is 5.10 Å². The van der Waals surface area contributed by atoms with E-state index in [0.717, 1.165) is 24.5 Å². The molecular formula is C12H16N4. The lowest BCUT2D eigenvalue weighted by Gasteiger charge is -2.20. The van der Waals surface area contributed by atoms with Gasteiger partial charge in [0.05, 0.1) is 17.9 Å². The van der Waals surface area contributed by atoms with Crippen molar-refractivity contribution in [3.8, 4) is 0 Å². The molecule has 0 aliphatic rings. The van der Waals surface area contributed by atoms with Gasteiger partial charge < -0.3 is 10.6 Å². The highest BCUT2D eigenvalue weighted by atomic mass is 15.3. The summed E-state index contributed by atoms with van der Waals surface area (Å²) in [5.74, 6) is 0. The molecule has 84 valence electrons. The van der Waals surface area contributed by atoms with Crippen molar-refractivity contribution in [2.24, 2.45) is 0 Å². The van der Waals surface area contributed by atoms with E-state index in [-0.39, 0.29) is 0 Å². The zero-order valence-electron chi connectivity index (χ0n) is 9.37. The van der Waals surface area contributed by atoms with Gasteiger partial charge in [-0.3, -0.25) is 4.68 Å². The average Bonchev–Trinajstić information content (AvgIpc) is 2.79. The van der Waals surface area contributed by atoms with Crippen molar-refractivity contribution in [1.29, 1.82) is 0 Å². The molecule has 0 bridgehead atoms. The van der Waals surface area contributed by atoms with Crippen LogP contribution >= 0.6 is 0 Å². The quantitative estimate of drug-likeness (QED) is 0.790. The smallest absolute Gasteiger partial charge is 0.0597 e. The Morgan fingerprint density at radius 2 is 2.12 bits per heavy atom. The molecule has 1 heterocycles. The van der Waals surface area contributed by atoms with Crippen molar-refractivity contribution in [1.82, 2.24) is 9.78 Å². The molecule has 0 aliphatic carbocycles. The van der Waals surface area contributed by atoms with Crippen LogP contribution in [-0.4, -0.2) is 23.4 Å². The molecule has 0 saturated heterocycles. The fraction of sp³-hybridized carbons (Fsp3) is 0.250. The lowest BCUT2D eigenvalue weighted by molar-refractivity contribution is 0.612. The van der Waals surface area contributed by atoms with E-state index in [2.05, 4.69) is 10.00 Å². The van der Waals surface area contributed by atoms with Crippen LogP contribution in [0.25, 0.3) is 0 Å². The first-order valence-corrected chi connectivity index (χ1v) is 5.30. The molecule has 4 nitrogen and oxygen atoms in total. The van der Waals surface area contributed by atoms with Gasteiger partial charge in [0.2, 0.25) is 0 Å². The van der Waals surface area contributed by atoms with Crippen LogP contribution < -0.4 is 10.6 Å². The predicted octanol–water partition coefficient (Wildman–Crippen LogP) is 1.60. The Morgan fingerprint density at radius 1 is 1.31 bits per heavy atom. The molecular weight excluding hydrogens is 200 g/mol. The van der Waals surface area contributed by atoms with Crippen molar-refractivity contribution in [2.45, 2.75) is 6.54 Å². The summed E-state index contributed by atoms with van der Waals surface area (Å²) in [4.78, 5) is 2.14. The average molecular weight is 216 g/mol. The number of benzene rings is 1. The lowest BCUT2D eigenvalue weighted by atomic mass is 10.2. The molecule has 0 radical (unpaired) electrons. The van der Waals surface area contributed by atoms with Crippen LogP contribution in [0.2, 0.25) is 0 Å². The summed E-state index contributed by atoms with van der Waals surface area (Å²) in [7, 11) is 2.04. The second-order valence-electron chi connectivity index (χ2n) is 3.75. The number of aromatic nitrogens is 2. The zero-order valence-corrected chi connectivity index (χ0v) is 9.37. The van der Waals surface area contributed by atoms with E-state index >= 15 is 0 Å². The maximum absolute atomic E-state index is 5.91. The topological polar surface area (TPSA) is 47.1 Å². The van der Waals surface area contributed by atoms with Gasteiger partial charge in [0.1, 0.15) is 0 Å². The standard InChI is InChI=1S/C12H16N4/c1-15(9-10-16-8-4-7-14-16)12-6-3-2-5-11(12)13/h2-8H,9-10,13H2,1H3. The van der Waals surface area contributed by atoms with Crippen LogP contribution in [-0.2, 0) is 6.54 Å². The molecule has 0 unspecified atom stereocenters. The fourth-order valence-corrected chi connectivity index (χ4v) is 1.64. The summed E-state index contributed by atoms with van der Waals surface area (Å²) >= 11 is 0. The van der Waals surface area contributed by atoms with Crippen molar-refractivity contribution >= 4 is 11.4 Å². The molecule has 0 aliphatic heterocycles. The Balaban J connectivity index is 1.98. The summed E-state index contributed by atoms with van der Waals surface area (Å²) in [6.45, 7) is 1.74. The Hall–Kier alpha value is -1.97. The second-order valence-corrected chi connectivity index (χ2v) is 3.75. The largest absolute Gasteiger partial charge is 0.397 e. The van der Waals surface area contributed by atoms with Crippen molar-refractivity contribution in [3.63, 3.8) is 0 Å². The minimum absolute atomic E-state index is 0.811. The number of nitrogen functional groups attached to an aromatic ring is 1. The molecule has 0 spiro atoms. The van der Waals surface area contributed by atoms with E-state index in [1.54, 1.807) is 6.20 Å². The number of rotatable bonds is 4. The highest BCUT2D eigenvalue weighted by Gasteiger charge is 2.03. The van der Waals surface area contributed by atoms with Gasteiger partial charge in [0.15, 0.2) is 0 Å². The molecule has 16 heavy (non-hydrogen) atoms. The highest BCUT2D eigenvalue weighted by Crippen LogP contribution is 2.20. The third-order valence-corrected chi connectivity index (χ3v) is 2.57. The maximum Gasteiger partial charge on any atom is 0.0597 e. The molecule has 0 atom stereocenters. The number of likely N-dealkylation sites (N-methyl/N-ethyl adjacent to an activating group) is 1. The van der Waals surface area contributed by atoms with Gasteiger partial charge in [-0.15, -0.1) is 0 Å². The van der Waals surface area contributed by atoms with Gasteiger partial charge >= 0.3 is 0 Å². The Labute approximate surface area is 95.3 Å². The zero-order chi connectivity index (χ0) is 11.4. The van der Waals surface area contributed by atoms with Crippen LogP contribution in [0.4, 0.5) is 11.4 Å². The molecule has 1 aromatic heterocycles. The normalized spacial score (nSPS) is 10.3. The summed E-state index contributed by atoms with van der Waals surface area (Å²) in [5, 5.41) is 4.16. The van der Waals surface area contributed by atoms with E-state index < -0.39 is 0 Å². The Kier molecular flexibility index (Phi) is 3.10. The number of para-hydroxylation sites is 2. The van der Waals surface area contributed by atoms with E-state index in [0.29, 0.717) is 0 Å². The first-order chi connectivity index (χ1) is 7.77. The first kappa shape index (κ1) is 10.5. The Bertz CT molecular complexity index is 436. The maximum atomic E-state index is 5.91. The number of hydrogen-bond acceptors (Lipinski definition) is 3. The Morgan fingerprint density at radius 3 is 2.81 bits per heavy atom. The molecule has 2 N–H and O–H groups in total. The SMILES string of the molecule is CN(CCn1cccn1)c1ccccc1N. The molecule has 2 aromatic rings. The van der Waals surface area contributed by atoms with E-state index in [1.807, 2.05) is 48.3 Å². The minimum Gasteiger partial charge on any atom is -0.397 e. The van der Waals surface area contributed by atoms with Gasteiger partial charge in [-0.1, -0.05) is 12.1 Å². The second kappa shape index (κ2) is 4.70. The molecule has 2 rings (SSSR count). The van der Waals surface area contributed by atoms with Crippen LogP contribution in [0.15, 0.2) is 42.7 Å². The van der Waals surface area contributed by atoms with Crippen LogP contribution in [0.5, 0.6) is 0 Å². The number of anilines is 2. The van der Waals surface area contributed by atoms with Gasteiger partial charge in [-0.25, -0.2) is 0 Å². The highest BCUT2D eigenvalue weighted by molar-refractivity contribution is 5.66. The minimum atomic E-state index is 0.811. The number of nitrogens with two attached hydrogens (primary N) is 1. The van der Waals surface area contributed by atoms with Crippen LogP contribution in [0, 0.1) is 0 Å². The van der Waals surface area contributed by atoms with Crippen molar-refractivity contribution in [2.75, 3.05) is 24.2 Å². The molecule has 0 amide bonds. The fourth-order valence-electron chi connectivity index (χ4n) is 1.64. The van der Waals surface area contributed by atoms with E-state index in [9.17, 15) is 0 Å². The monoisotopic (exact) mass is 216 g/mol. The summed E-state index contributed by atoms with van der Waals surface area (Å²) < 4.78 is 1.91. The summed E-state index contributed by atoms with van der Waals surface area (Å²) in [6, 6.07) is 9.81. The number of hydrogen-bond donors (Lipinski definition) is 1.